The Kier molecular flexibility index (Phi) is 14.1. The Morgan fingerprint density at radius 2 is 1.29 bits per heavy atom. The smallest absolute Gasteiger partial charge is 0.0948 e. The fourth-order valence-corrected chi connectivity index (χ4v) is 4.94. The zero-order chi connectivity index (χ0) is 22.0. The van der Waals surface area contributed by atoms with Gasteiger partial charge in [-0.1, -0.05) is 128 Å². The minimum atomic E-state index is 0.577. The van der Waals surface area contributed by atoms with Gasteiger partial charge in [0.15, 0.2) is 0 Å². The summed E-state index contributed by atoms with van der Waals surface area (Å²) in [5, 5.41) is 0. The molecule has 0 saturated carbocycles. The van der Waals surface area contributed by atoms with E-state index in [1.54, 1.807) is 0 Å². The highest BCUT2D eigenvalue weighted by molar-refractivity contribution is 5.15. The lowest BCUT2D eigenvalue weighted by atomic mass is 9.84. The molecule has 0 aliphatic rings. The minimum absolute atomic E-state index is 0.577. The zero-order valence-electron chi connectivity index (χ0n) is 20.5. The van der Waals surface area contributed by atoms with Gasteiger partial charge < -0.3 is 4.57 Å². The van der Waals surface area contributed by atoms with E-state index in [1.807, 2.05) is 6.20 Å². The SMILES string of the molecule is CCCCCCCCCCCCC(C(CCCCC)Cc1ccccc1)n1ccnc1. The molecule has 0 fully saturated rings. The molecule has 2 aromatic rings. The van der Waals surface area contributed by atoms with Crippen molar-refractivity contribution in [1.82, 2.24) is 9.55 Å². The van der Waals surface area contributed by atoms with Crippen LogP contribution in [0, 0.1) is 5.92 Å². The summed E-state index contributed by atoms with van der Waals surface area (Å²) in [6.07, 6.45) is 28.1. The van der Waals surface area contributed by atoms with E-state index in [0.29, 0.717) is 12.0 Å². The topological polar surface area (TPSA) is 17.8 Å². The zero-order valence-corrected chi connectivity index (χ0v) is 20.5. The largest absolute Gasteiger partial charge is 0.334 e. The summed E-state index contributed by atoms with van der Waals surface area (Å²) in [6, 6.07) is 11.7. The van der Waals surface area contributed by atoms with Crippen LogP contribution in [-0.4, -0.2) is 9.55 Å². The molecule has 2 unspecified atom stereocenters. The fourth-order valence-electron chi connectivity index (χ4n) is 4.94. The van der Waals surface area contributed by atoms with E-state index in [4.69, 9.17) is 0 Å². The van der Waals surface area contributed by atoms with Gasteiger partial charge in [0.25, 0.3) is 0 Å². The molecule has 0 aliphatic carbocycles. The quantitative estimate of drug-likeness (QED) is 0.205. The van der Waals surface area contributed by atoms with Crippen LogP contribution in [0.2, 0.25) is 0 Å². The Labute approximate surface area is 192 Å². The van der Waals surface area contributed by atoms with E-state index in [1.165, 1.54) is 108 Å². The Morgan fingerprint density at radius 1 is 0.710 bits per heavy atom. The maximum Gasteiger partial charge on any atom is 0.0948 e. The van der Waals surface area contributed by atoms with E-state index >= 15 is 0 Å². The Morgan fingerprint density at radius 3 is 1.90 bits per heavy atom. The second kappa shape index (κ2) is 17.0. The number of unbranched alkanes of at least 4 members (excludes halogenated alkanes) is 11. The van der Waals surface area contributed by atoms with Gasteiger partial charge in [-0.25, -0.2) is 4.98 Å². The molecular weight excluding hydrogens is 376 g/mol. The average Bonchev–Trinajstić information content (AvgIpc) is 3.32. The van der Waals surface area contributed by atoms with Crippen LogP contribution in [0.3, 0.4) is 0 Å². The molecule has 31 heavy (non-hydrogen) atoms. The van der Waals surface area contributed by atoms with Crippen LogP contribution < -0.4 is 0 Å². The molecule has 1 aromatic heterocycles. The highest BCUT2D eigenvalue weighted by Gasteiger charge is 2.22. The van der Waals surface area contributed by atoms with Crippen LogP contribution in [0.15, 0.2) is 49.1 Å². The van der Waals surface area contributed by atoms with Crippen molar-refractivity contribution < 1.29 is 0 Å². The van der Waals surface area contributed by atoms with E-state index in [2.05, 4.69) is 66.3 Å². The summed E-state index contributed by atoms with van der Waals surface area (Å²) >= 11 is 0. The van der Waals surface area contributed by atoms with Gasteiger partial charge in [0.05, 0.1) is 6.33 Å². The van der Waals surface area contributed by atoms with Crippen molar-refractivity contribution in [2.24, 2.45) is 5.92 Å². The molecule has 2 heteroatoms. The van der Waals surface area contributed by atoms with Crippen LogP contribution in [0.4, 0.5) is 0 Å². The molecule has 0 amide bonds. The monoisotopic (exact) mass is 424 g/mol. The molecule has 1 heterocycles. The highest BCUT2D eigenvalue weighted by atomic mass is 15.1. The Bertz CT molecular complexity index is 619. The molecule has 0 aliphatic heterocycles. The number of imidazole rings is 1. The van der Waals surface area contributed by atoms with Gasteiger partial charge in [0.2, 0.25) is 0 Å². The van der Waals surface area contributed by atoms with Gasteiger partial charge >= 0.3 is 0 Å². The van der Waals surface area contributed by atoms with E-state index < -0.39 is 0 Å². The maximum absolute atomic E-state index is 4.39. The number of nitrogens with zero attached hydrogens (tertiary/aromatic N) is 2. The molecule has 0 radical (unpaired) electrons. The molecule has 1 aromatic carbocycles. The van der Waals surface area contributed by atoms with Crippen molar-refractivity contribution in [3.8, 4) is 0 Å². The molecule has 0 spiro atoms. The fraction of sp³-hybridized carbons (Fsp3) is 0.690. The van der Waals surface area contributed by atoms with Gasteiger partial charge in [0.1, 0.15) is 0 Å². The van der Waals surface area contributed by atoms with Crippen molar-refractivity contribution in [1.29, 1.82) is 0 Å². The van der Waals surface area contributed by atoms with Crippen LogP contribution in [0.25, 0.3) is 0 Å². The standard InChI is InChI=1S/C29H48N2/c1-3-5-7-8-9-10-11-12-13-18-22-29(31-24-23-30-26-31)28(21-15-6-4-2)25-27-19-16-14-17-20-27/h14,16-17,19-20,23-24,26,28-29H,3-13,15,18,21-22,25H2,1-2H3. The van der Waals surface area contributed by atoms with Crippen molar-refractivity contribution in [3.63, 3.8) is 0 Å². The van der Waals surface area contributed by atoms with Gasteiger partial charge in [-0.15, -0.1) is 0 Å². The predicted octanol–water partition coefficient (Wildman–Crippen LogP) is 9.17. The van der Waals surface area contributed by atoms with Crippen molar-refractivity contribution in [2.45, 2.75) is 123 Å². The van der Waals surface area contributed by atoms with Crippen molar-refractivity contribution >= 4 is 0 Å². The second-order valence-corrected chi connectivity index (χ2v) is 9.49. The normalized spacial score (nSPS) is 13.4. The highest BCUT2D eigenvalue weighted by Crippen LogP contribution is 2.32. The minimum Gasteiger partial charge on any atom is -0.334 e. The summed E-state index contributed by atoms with van der Waals surface area (Å²) in [6.45, 7) is 4.61. The molecule has 174 valence electrons. The van der Waals surface area contributed by atoms with Crippen LogP contribution in [-0.2, 0) is 6.42 Å². The van der Waals surface area contributed by atoms with E-state index in [9.17, 15) is 0 Å². The third-order valence-electron chi connectivity index (χ3n) is 6.82. The average molecular weight is 425 g/mol. The molecule has 2 atom stereocenters. The molecule has 0 bridgehead atoms. The Hall–Kier alpha value is -1.57. The van der Waals surface area contributed by atoms with Gasteiger partial charge in [-0.05, 0) is 30.7 Å². The maximum atomic E-state index is 4.39. The van der Waals surface area contributed by atoms with E-state index in [-0.39, 0.29) is 0 Å². The van der Waals surface area contributed by atoms with Crippen LogP contribution >= 0.6 is 0 Å². The lowest BCUT2D eigenvalue weighted by Gasteiger charge is -2.29. The molecular formula is C29H48N2. The molecule has 0 saturated heterocycles. The van der Waals surface area contributed by atoms with Gasteiger partial charge in [-0.2, -0.15) is 0 Å². The number of benzene rings is 1. The Balaban J connectivity index is 1.83. The predicted molar refractivity (Wildman–Crippen MR) is 136 cm³/mol. The first-order chi connectivity index (χ1) is 15.3. The first kappa shape index (κ1) is 25.7. The third-order valence-corrected chi connectivity index (χ3v) is 6.82. The summed E-state index contributed by atoms with van der Waals surface area (Å²) in [4.78, 5) is 4.39. The second-order valence-electron chi connectivity index (χ2n) is 9.49. The van der Waals surface area contributed by atoms with Crippen molar-refractivity contribution in [2.75, 3.05) is 0 Å². The summed E-state index contributed by atoms with van der Waals surface area (Å²) in [7, 11) is 0. The molecule has 2 nitrogen and oxygen atoms in total. The summed E-state index contributed by atoms with van der Waals surface area (Å²) in [5.41, 5.74) is 1.48. The lowest BCUT2D eigenvalue weighted by Crippen LogP contribution is -2.21. The van der Waals surface area contributed by atoms with Crippen LogP contribution in [0.5, 0.6) is 0 Å². The summed E-state index contributed by atoms with van der Waals surface area (Å²) < 4.78 is 2.41. The van der Waals surface area contributed by atoms with Crippen LogP contribution in [0.1, 0.15) is 122 Å². The van der Waals surface area contributed by atoms with Gasteiger partial charge in [-0.3, -0.25) is 0 Å². The number of rotatable bonds is 19. The summed E-state index contributed by atoms with van der Waals surface area (Å²) in [5.74, 6) is 0.696. The first-order valence-corrected chi connectivity index (χ1v) is 13.4. The number of aromatic nitrogens is 2. The van der Waals surface area contributed by atoms with E-state index in [0.717, 1.165) is 0 Å². The molecule has 0 N–H and O–H groups in total. The number of hydrogen-bond donors (Lipinski definition) is 0. The third kappa shape index (κ3) is 11.0. The number of hydrogen-bond acceptors (Lipinski definition) is 1. The van der Waals surface area contributed by atoms with Crippen molar-refractivity contribution in [3.05, 3.63) is 54.6 Å². The molecule has 2 rings (SSSR count). The lowest BCUT2D eigenvalue weighted by molar-refractivity contribution is 0.276. The first-order valence-electron chi connectivity index (χ1n) is 13.4. The van der Waals surface area contributed by atoms with Gasteiger partial charge in [0, 0.05) is 18.4 Å².